The Kier molecular flexibility index (Phi) is 10.5. The minimum Gasteiger partial charge on any atom is -0.478 e. The highest BCUT2D eigenvalue weighted by Crippen LogP contribution is 2.17. The molecule has 0 aromatic carbocycles. The van der Waals surface area contributed by atoms with Crippen LogP contribution in [0.4, 0.5) is 19.0 Å². The molecule has 0 bridgehead atoms. The molecule has 9 nitrogen and oxygen atoms in total. The fraction of sp³-hybridized carbons (Fsp3) is 0.438. The lowest BCUT2D eigenvalue weighted by molar-refractivity contribution is -0.131. The maximum absolute atomic E-state index is 12.1. The van der Waals surface area contributed by atoms with Gasteiger partial charge in [0.1, 0.15) is 12.4 Å². The number of amides is 1. The van der Waals surface area contributed by atoms with Crippen LogP contribution in [0.25, 0.3) is 0 Å². The van der Waals surface area contributed by atoms with Crippen LogP contribution in [0.1, 0.15) is 19.3 Å². The van der Waals surface area contributed by atoms with E-state index in [1.165, 1.54) is 24.0 Å². The summed E-state index contributed by atoms with van der Waals surface area (Å²) < 4.78 is 36.3. The molecule has 0 saturated carbocycles. The second kappa shape index (κ2) is 12.6. The molecule has 1 aromatic rings. The van der Waals surface area contributed by atoms with Crippen LogP contribution in [-0.4, -0.2) is 57.9 Å². The Morgan fingerprint density at radius 3 is 2.72 bits per heavy atom. The first-order valence-electron chi connectivity index (χ1n) is 8.44. The SMILES string of the molecule is NC(=NCC(F)(F)F)Nc1ccnc(SCCCCCNC(=O)/C=C\C(=O)O)n1. The molecule has 1 heterocycles. The second-order valence-corrected chi connectivity index (χ2v) is 6.60. The van der Waals surface area contributed by atoms with Gasteiger partial charge in [-0.2, -0.15) is 13.2 Å². The van der Waals surface area contributed by atoms with E-state index in [2.05, 4.69) is 25.6 Å². The monoisotopic (exact) mass is 434 g/mol. The largest absolute Gasteiger partial charge is 0.478 e. The number of hydrogen-bond acceptors (Lipinski definition) is 6. The van der Waals surface area contributed by atoms with Crippen molar-refractivity contribution in [3.05, 3.63) is 24.4 Å². The number of unbranched alkanes of at least 4 members (excludes halogenated alkanes) is 2. The van der Waals surface area contributed by atoms with Gasteiger partial charge < -0.3 is 21.5 Å². The number of halogens is 3. The van der Waals surface area contributed by atoms with Gasteiger partial charge in [-0.15, -0.1) is 0 Å². The maximum atomic E-state index is 12.1. The number of guanidine groups is 1. The minimum absolute atomic E-state index is 0.239. The van der Waals surface area contributed by atoms with Gasteiger partial charge in [-0.3, -0.25) is 4.79 Å². The predicted octanol–water partition coefficient (Wildman–Crippen LogP) is 1.78. The molecule has 13 heteroatoms. The van der Waals surface area contributed by atoms with Gasteiger partial charge in [0.2, 0.25) is 5.91 Å². The summed E-state index contributed by atoms with van der Waals surface area (Å²) in [6.45, 7) is -0.950. The highest BCUT2D eigenvalue weighted by Gasteiger charge is 2.26. The van der Waals surface area contributed by atoms with E-state index in [9.17, 15) is 22.8 Å². The molecule has 29 heavy (non-hydrogen) atoms. The number of carboxylic acids is 1. The second-order valence-electron chi connectivity index (χ2n) is 5.54. The highest BCUT2D eigenvalue weighted by atomic mass is 32.2. The predicted molar refractivity (Wildman–Crippen MR) is 103 cm³/mol. The Bertz CT molecular complexity index is 743. The number of aromatic nitrogens is 2. The number of aliphatic carboxylic acids is 1. The summed E-state index contributed by atoms with van der Waals surface area (Å²) in [7, 11) is 0. The third-order valence-corrected chi connectivity index (χ3v) is 3.99. The zero-order chi connectivity index (χ0) is 21.7. The highest BCUT2D eigenvalue weighted by molar-refractivity contribution is 7.99. The number of nitrogens with one attached hydrogen (secondary N) is 2. The molecular formula is C16H21F3N6O3S. The summed E-state index contributed by atoms with van der Waals surface area (Å²) in [6.07, 6.45) is 1.11. The number of alkyl halides is 3. The Balaban J connectivity index is 2.26. The van der Waals surface area contributed by atoms with E-state index < -0.39 is 30.6 Å². The molecule has 0 radical (unpaired) electrons. The van der Waals surface area contributed by atoms with E-state index >= 15 is 0 Å². The number of aliphatic imine (C=N–C) groups is 1. The third-order valence-electron chi connectivity index (χ3n) is 3.05. The number of rotatable bonds is 11. The van der Waals surface area contributed by atoms with Crippen molar-refractivity contribution in [2.75, 3.05) is 24.2 Å². The number of hydrogen-bond donors (Lipinski definition) is 4. The lowest BCUT2D eigenvalue weighted by Crippen LogP contribution is -2.26. The Morgan fingerprint density at radius 2 is 2.03 bits per heavy atom. The van der Waals surface area contributed by atoms with Gasteiger partial charge in [0.25, 0.3) is 0 Å². The van der Waals surface area contributed by atoms with Gasteiger partial charge in [-0.25, -0.2) is 19.8 Å². The van der Waals surface area contributed by atoms with Gasteiger partial charge in [0, 0.05) is 30.6 Å². The van der Waals surface area contributed by atoms with Crippen LogP contribution < -0.4 is 16.4 Å². The number of carbonyl (C=O) groups is 2. The fourth-order valence-electron chi connectivity index (χ4n) is 1.81. The Hall–Kier alpha value is -2.83. The van der Waals surface area contributed by atoms with Crippen molar-refractivity contribution < 1.29 is 27.9 Å². The number of anilines is 1. The summed E-state index contributed by atoms with van der Waals surface area (Å²) in [4.78, 5) is 32.9. The molecule has 0 unspecified atom stereocenters. The molecule has 5 N–H and O–H groups in total. The first kappa shape index (κ1) is 24.2. The van der Waals surface area contributed by atoms with Gasteiger partial charge in [0.15, 0.2) is 11.1 Å². The standard InChI is InChI=1S/C16H21F3N6O3S/c17-16(18,19)10-23-14(20)24-11-6-8-22-15(25-11)29-9-3-1-2-7-21-12(26)4-5-13(27)28/h4-6,8H,1-3,7,9-10H2,(H,21,26)(H,27,28)(H3,20,22,23,24,25)/b5-4-. The Labute approximate surface area is 169 Å². The average Bonchev–Trinajstić information content (AvgIpc) is 2.63. The van der Waals surface area contributed by atoms with E-state index in [1.54, 1.807) is 0 Å². The van der Waals surface area contributed by atoms with Crippen molar-refractivity contribution in [3.63, 3.8) is 0 Å². The molecule has 1 amide bonds. The van der Waals surface area contributed by atoms with Crippen molar-refractivity contribution in [2.45, 2.75) is 30.6 Å². The van der Waals surface area contributed by atoms with Crippen molar-refractivity contribution in [3.8, 4) is 0 Å². The van der Waals surface area contributed by atoms with Crippen LogP contribution in [0, 0.1) is 0 Å². The van der Waals surface area contributed by atoms with E-state index in [0.717, 1.165) is 31.4 Å². The maximum Gasteiger partial charge on any atom is 0.408 e. The van der Waals surface area contributed by atoms with Gasteiger partial charge >= 0.3 is 12.1 Å². The molecule has 0 aliphatic carbocycles. The topological polar surface area (TPSA) is 143 Å². The first-order chi connectivity index (χ1) is 13.7. The zero-order valence-electron chi connectivity index (χ0n) is 15.3. The summed E-state index contributed by atoms with van der Waals surface area (Å²) >= 11 is 1.37. The molecule has 0 aliphatic rings. The molecule has 0 spiro atoms. The number of carboxylic acid groups (broad SMARTS) is 1. The van der Waals surface area contributed by atoms with Crippen molar-refractivity contribution >= 4 is 35.4 Å². The molecule has 0 fully saturated rings. The molecule has 1 aromatic heterocycles. The van der Waals surface area contributed by atoms with Crippen LogP contribution in [-0.2, 0) is 9.59 Å². The fourth-order valence-corrected chi connectivity index (χ4v) is 2.64. The van der Waals surface area contributed by atoms with Crippen LogP contribution in [0.15, 0.2) is 34.6 Å². The number of thioether (sulfide) groups is 1. The molecule has 0 saturated heterocycles. The van der Waals surface area contributed by atoms with Gasteiger partial charge in [0.05, 0.1) is 0 Å². The summed E-state index contributed by atoms with van der Waals surface area (Å²) in [6, 6.07) is 1.46. The van der Waals surface area contributed by atoms with Gasteiger partial charge in [-0.05, 0) is 18.9 Å². The van der Waals surface area contributed by atoms with Crippen molar-refractivity contribution in [1.82, 2.24) is 15.3 Å². The van der Waals surface area contributed by atoms with E-state index in [-0.39, 0.29) is 5.82 Å². The molecular weight excluding hydrogens is 413 g/mol. The van der Waals surface area contributed by atoms with Crippen molar-refractivity contribution in [2.24, 2.45) is 10.7 Å². The summed E-state index contributed by atoms with van der Waals surface area (Å²) in [5, 5.41) is 13.9. The normalized spacial score (nSPS) is 12.2. The number of nitrogens with zero attached hydrogens (tertiary/aromatic N) is 3. The van der Waals surface area contributed by atoms with E-state index in [0.29, 0.717) is 17.5 Å². The van der Waals surface area contributed by atoms with Crippen molar-refractivity contribution in [1.29, 1.82) is 0 Å². The van der Waals surface area contributed by atoms with Crippen LogP contribution in [0.3, 0.4) is 0 Å². The van der Waals surface area contributed by atoms with E-state index in [1.807, 2.05) is 0 Å². The average molecular weight is 434 g/mol. The Morgan fingerprint density at radius 1 is 1.28 bits per heavy atom. The quantitative estimate of drug-likeness (QED) is 0.103. The van der Waals surface area contributed by atoms with Gasteiger partial charge in [-0.1, -0.05) is 18.2 Å². The van der Waals surface area contributed by atoms with Crippen LogP contribution in [0.5, 0.6) is 0 Å². The lowest BCUT2D eigenvalue weighted by atomic mass is 10.2. The zero-order valence-corrected chi connectivity index (χ0v) is 16.1. The van der Waals surface area contributed by atoms with Crippen LogP contribution >= 0.6 is 11.8 Å². The summed E-state index contributed by atoms with van der Waals surface area (Å²) in [5.74, 6) is -1.10. The lowest BCUT2D eigenvalue weighted by Gasteiger charge is -2.07. The smallest absolute Gasteiger partial charge is 0.408 e. The third kappa shape index (κ3) is 13.1. The first-order valence-corrected chi connectivity index (χ1v) is 9.42. The minimum atomic E-state index is -4.43. The molecule has 160 valence electrons. The molecule has 1 rings (SSSR count). The molecule has 0 atom stereocenters. The van der Waals surface area contributed by atoms with E-state index in [4.69, 9.17) is 10.8 Å². The number of nitrogens with two attached hydrogens (primary N) is 1. The number of carbonyl (C=O) groups excluding carboxylic acids is 1. The summed E-state index contributed by atoms with van der Waals surface area (Å²) in [5.41, 5.74) is 5.39. The molecule has 0 aliphatic heterocycles. The van der Waals surface area contributed by atoms with Crippen LogP contribution in [0.2, 0.25) is 0 Å².